The number of H-pyrrole nitrogens is 1. The van der Waals surface area contributed by atoms with Crippen molar-refractivity contribution in [3.63, 3.8) is 0 Å². The summed E-state index contributed by atoms with van der Waals surface area (Å²) in [6.45, 7) is 2.66. The molecule has 2 bridgehead atoms. The summed E-state index contributed by atoms with van der Waals surface area (Å²) in [5.74, 6) is 0.159. The fourth-order valence-electron chi connectivity index (χ4n) is 4.33. The molecule has 0 saturated heterocycles. The summed E-state index contributed by atoms with van der Waals surface area (Å²) in [6, 6.07) is 3.90. The average molecular weight is 341 g/mol. The summed E-state index contributed by atoms with van der Waals surface area (Å²) in [5.41, 5.74) is 2.48. The first kappa shape index (κ1) is 16.1. The molecule has 0 radical (unpaired) electrons. The van der Waals surface area contributed by atoms with Crippen molar-refractivity contribution >= 4 is 5.97 Å². The lowest BCUT2D eigenvalue weighted by Crippen LogP contribution is -2.48. The third kappa shape index (κ3) is 2.79. The second-order valence-corrected chi connectivity index (χ2v) is 7.68. The maximum Gasteiger partial charge on any atom is 0.309 e. The number of aromatic amines is 1. The van der Waals surface area contributed by atoms with Crippen LogP contribution < -0.4 is 4.74 Å². The number of carboxylic acid groups (broad SMARTS) is 1. The standard InChI is InChI=1S/C19H23N3O3/c1-13-10-14(11-20-16(13)15-2-9-21-22-15)25-12-18-3-6-19(7-4-18,8-5-18)17(23)24/h2,9-11H,3-8,12H2,1H3,(H,21,22)(H,23,24). The van der Waals surface area contributed by atoms with Gasteiger partial charge in [0.15, 0.2) is 0 Å². The first-order valence-electron chi connectivity index (χ1n) is 8.85. The Hall–Kier alpha value is -2.37. The number of carbonyl (C=O) groups is 1. The van der Waals surface area contributed by atoms with Crippen molar-refractivity contribution in [3.8, 4) is 17.1 Å². The molecule has 3 aliphatic carbocycles. The molecule has 0 aromatic carbocycles. The Kier molecular flexibility index (Phi) is 3.78. The topological polar surface area (TPSA) is 88.1 Å². The number of aliphatic carboxylic acids is 1. The second-order valence-electron chi connectivity index (χ2n) is 7.68. The number of hydrogen-bond donors (Lipinski definition) is 2. The largest absolute Gasteiger partial charge is 0.491 e. The van der Waals surface area contributed by atoms with Gasteiger partial charge < -0.3 is 9.84 Å². The van der Waals surface area contributed by atoms with Gasteiger partial charge in [0.25, 0.3) is 0 Å². The molecule has 3 fully saturated rings. The number of fused-ring (bicyclic) bond motifs is 3. The zero-order chi connectivity index (χ0) is 17.5. The van der Waals surface area contributed by atoms with Gasteiger partial charge in [-0.2, -0.15) is 5.10 Å². The van der Waals surface area contributed by atoms with Crippen molar-refractivity contribution in [2.24, 2.45) is 10.8 Å². The van der Waals surface area contributed by atoms with Crippen LogP contribution in [0.4, 0.5) is 0 Å². The third-order valence-corrected chi connectivity index (χ3v) is 6.21. The van der Waals surface area contributed by atoms with Gasteiger partial charge in [-0.05, 0) is 63.1 Å². The maximum atomic E-state index is 11.5. The van der Waals surface area contributed by atoms with E-state index >= 15 is 0 Å². The van der Waals surface area contributed by atoms with E-state index in [9.17, 15) is 9.90 Å². The van der Waals surface area contributed by atoms with Gasteiger partial charge in [-0.3, -0.25) is 14.9 Å². The number of ether oxygens (including phenoxy) is 1. The van der Waals surface area contributed by atoms with Crippen molar-refractivity contribution in [2.75, 3.05) is 6.61 Å². The molecule has 3 aliphatic rings. The van der Waals surface area contributed by atoms with Crippen molar-refractivity contribution < 1.29 is 14.6 Å². The SMILES string of the molecule is Cc1cc(OCC23CCC(C(=O)O)(CC2)CC3)cnc1-c1ccn[nH]1. The highest BCUT2D eigenvalue weighted by molar-refractivity contribution is 5.75. The second kappa shape index (κ2) is 5.86. The van der Waals surface area contributed by atoms with Crippen LogP contribution in [0.2, 0.25) is 0 Å². The smallest absolute Gasteiger partial charge is 0.309 e. The summed E-state index contributed by atoms with van der Waals surface area (Å²) in [4.78, 5) is 16.0. The predicted octanol–water partition coefficient (Wildman–Crippen LogP) is 3.58. The van der Waals surface area contributed by atoms with Gasteiger partial charge in [0, 0.05) is 11.6 Å². The first-order chi connectivity index (χ1) is 12.0. The Morgan fingerprint density at radius 3 is 2.56 bits per heavy atom. The number of carboxylic acids is 1. The number of hydrogen-bond acceptors (Lipinski definition) is 4. The van der Waals surface area contributed by atoms with Gasteiger partial charge in [0.2, 0.25) is 0 Å². The minimum absolute atomic E-state index is 0.132. The van der Waals surface area contributed by atoms with Crippen LogP contribution in [0.3, 0.4) is 0 Å². The number of rotatable bonds is 5. The average Bonchev–Trinajstić information content (AvgIpc) is 3.16. The molecule has 2 N–H and O–H groups in total. The van der Waals surface area contributed by atoms with Crippen LogP contribution in [0.15, 0.2) is 24.5 Å². The fourth-order valence-corrected chi connectivity index (χ4v) is 4.33. The van der Waals surface area contributed by atoms with Crippen LogP contribution in [0, 0.1) is 17.8 Å². The van der Waals surface area contributed by atoms with E-state index in [4.69, 9.17) is 4.74 Å². The van der Waals surface area contributed by atoms with Crippen LogP contribution in [0.1, 0.15) is 44.1 Å². The highest BCUT2D eigenvalue weighted by Gasteiger charge is 2.52. The molecule has 2 aromatic rings. The van der Waals surface area contributed by atoms with Gasteiger partial charge in [-0.25, -0.2) is 0 Å². The Morgan fingerprint density at radius 2 is 2.00 bits per heavy atom. The van der Waals surface area contributed by atoms with E-state index in [-0.39, 0.29) is 5.41 Å². The molecule has 3 saturated carbocycles. The molecule has 6 nitrogen and oxygen atoms in total. The number of nitrogens with zero attached hydrogens (tertiary/aromatic N) is 2. The maximum absolute atomic E-state index is 11.5. The normalized spacial score (nSPS) is 28.0. The predicted molar refractivity (Wildman–Crippen MR) is 92.3 cm³/mol. The number of aryl methyl sites for hydroxylation is 1. The lowest BCUT2D eigenvalue weighted by molar-refractivity contribution is -0.160. The van der Waals surface area contributed by atoms with E-state index in [1.807, 2.05) is 19.1 Å². The van der Waals surface area contributed by atoms with Crippen LogP contribution in [-0.4, -0.2) is 32.9 Å². The lowest BCUT2D eigenvalue weighted by Gasteiger charge is -2.51. The molecular weight excluding hydrogens is 318 g/mol. The van der Waals surface area contributed by atoms with Crippen molar-refractivity contribution in [2.45, 2.75) is 45.4 Å². The molecule has 2 heterocycles. The summed E-state index contributed by atoms with van der Waals surface area (Å²) in [6.07, 6.45) is 8.63. The summed E-state index contributed by atoms with van der Waals surface area (Å²) < 4.78 is 6.08. The molecule has 0 atom stereocenters. The van der Waals surface area contributed by atoms with Gasteiger partial charge in [-0.15, -0.1) is 0 Å². The molecule has 0 unspecified atom stereocenters. The van der Waals surface area contributed by atoms with Crippen molar-refractivity contribution in [1.29, 1.82) is 0 Å². The molecule has 132 valence electrons. The summed E-state index contributed by atoms with van der Waals surface area (Å²) in [5, 5.41) is 16.4. The van der Waals surface area contributed by atoms with E-state index in [0.29, 0.717) is 6.61 Å². The number of aromatic nitrogens is 3. The minimum atomic E-state index is -0.615. The fraction of sp³-hybridized carbons (Fsp3) is 0.526. The Morgan fingerprint density at radius 1 is 1.28 bits per heavy atom. The van der Waals surface area contributed by atoms with E-state index in [2.05, 4.69) is 15.2 Å². The zero-order valence-electron chi connectivity index (χ0n) is 14.4. The summed E-state index contributed by atoms with van der Waals surface area (Å²) in [7, 11) is 0. The lowest BCUT2D eigenvalue weighted by atomic mass is 9.54. The quantitative estimate of drug-likeness (QED) is 0.868. The van der Waals surface area contributed by atoms with Crippen LogP contribution in [-0.2, 0) is 4.79 Å². The summed E-state index contributed by atoms with van der Waals surface area (Å²) >= 11 is 0. The highest BCUT2D eigenvalue weighted by Crippen LogP contribution is 2.57. The van der Waals surface area contributed by atoms with Crippen molar-refractivity contribution in [1.82, 2.24) is 15.2 Å². The number of nitrogens with one attached hydrogen (secondary N) is 1. The van der Waals surface area contributed by atoms with Gasteiger partial charge in [0.1, 0.15) is 5.75 Å². The minimum Gasteiger partial charge on any atom is -0.491 e. The molecule has 0 amide bonds. The number of pyridine rings is 1. The van der Waals surface area contributed by atoms with Crippen LogP contribution >= 0.6 is 0 Å². The molecule has 0 aliphatic heterocycles. The van der Waals surface area contributed by atoms with Gasteiger partial charge in [0.05, 0.1) is 29.6 Å². The Labute approximate surface area is 146 Å². The molecular formula is C19H23N3O3. The van der Waals surface area contributed by atoms with E-state index in [1.165, 1.54) is 0 Å². The monoisotopic (exact) mass is 341 g/mol. The molecule has 5 rings (SSSR count). The third-order valence-electron chi connectivity index (χ3n) is 6.21. The molecule has 2 aromatic heterocycles. The van der Waals surface area contributed by atoms with E-state index in [1.54, 1.807) is 12.4 Å². The molecule has 25 heavy (non-hydrogen) atoms. The molecule has 6 heteroatoms. The van der Waals surface area contributed by atoms with Crippen LogP contribution in [0.5, 0.6) is 5.75 Å². The Balaban J connectivity index is 1.43. The van der Waals surface area contributed by atoms with Crippen LogP contribution in [0.25, 0.3) is 11.4 Å². The van der Waals surface area contributed by atoms with E-state index < -0.39 is 11.4 Å². The molecule has 0 spiro atoms. The van der Waals surface area contributed by atoms with Crippen molar-refractivity contribution in [3.05, 3.63) is 30.1 Å². The highest BCUT2D eigenvalue weighted by atomic mass is 16.5. The van der Waals surface area contributed by atoms with Gasteiger partial charge in [-0.1, -0.05) is 0 Å². The van der Waals surface area contributed by atoms with Gasteiger partial charge >= 0.3 is 5.97 Å². The Bertz CT molecular complexity index is 761. The van der Waals surface area contributed by atoms with E-state index in [0.717, 1.165) is 61.2 Å². The zero-order valence-corrected chi connectivity index (χ0v) is 14.4. The first-order valence-corrected chi connectivity index (χ1v) is 8.85.